The van der Waals surface area contributed by atoms with Crippen LogP contribution in [0.1, 0.15) is 5.56 Å². The average molecular weight is 309 g/mol. The molecular weight excluding hydrogens is 294 g/mol. The number of nitriles is 1. The lowest BCUT2D eigenvalue weighted by Gasteiger charge is -2.34. The van der Waals surface area contributed by atoms with Crippen LogP contribution in [-0.2, 0) is 4.79 Å². The fourth-order valence-corrected chi connectivity index (χ4v) is 2.46. The van der Waals surface area contributed by atoms with E-state index in [0.717, 1.165) is 5.69 Å². The number of amides is 1. The Morgan fingerprint density at radius 1 is 1.26 bits per heavy atom. The van der Waals surface area contributed by atoms with E-state index >= 15 is 0 Å². The SMILES string of the molecule is COc1cc(N2CCN(c3ccc(C#N)cn3)CC2=O)ccn1. The highest BCUT2D eigenvalue weighted by atomic mass is 16.5. The van der Waals surface area contributed by atoms with Crippen molar-refractivity contribution in [3.05, 3.63) is 42.2 Å². The van der Waals surface area contributed by atoms with Gasteiger partial charge < -0.3 is 14.5 Å². The van der Waals surface area contributed by atoms with E-state index in [1.807, 2.05) is 11.0 Å². The summed E-state index contributed by atoms with van der Waals surface area (Å²) < 4.78 is 5.10. The first-order valence-electron chi connectivity index (χ1n) is 7.13. The summed E-state index contributed by atoms with van der Waals surface area (Å²) in [7, 11) is 1.54. The van der Waals surface area contributed by atoms with Crippen LogP contribution in [0.2, 0.25) is 0 Å². The van der Waals surface area contributed by atoms with Crippen LogP contribution >= 0.6 is 0 Å². The van der Waals surface area contributed by atoms with Gasteiger partial charge in [0.05, 0.1) is 24.9 Å². The zero-order chi connectivity index (χ0) is 16.2. The highest BCUT2D eigenvalue weighted by Crippen LogP contribution is 2.22. The van der Waals surface area contributed by atoms with Crippen molar-refractivity contribution in [3.8, 4) is 11.9 Å². The van der Waals surface area contributed by atoms with Crippen molar-refractivity contribution < 1.29 is 9.53 Å². The zero-order valence-electron chi connectivity index (χ0n) is 12.6. The standard InChI is InChI=1S/C16H15N5O2/c1-23-15-8-13(4-5-18-15)21-7-6-20(11-16(21)22)14-3-2-12(9-17)10-19-14/h2-5,8,10H,6-7,11H2,1H3. The molecule has 0 radical (unpaired) electrons. The number of aromatic nitrogens is 2. The van der Waals surface area contributed by atoms with Crippen molar-refractivity contribution in [3.63, 3.8) is 0 Å². The fourth-order valence-electron chi connectivity index (χ4n) is 2.46. The molecule has 3 rings (SSSR count). The van der Waals surface area contributed by atoms with Gasteiger partial charge in [0.2, 0.25) is 11.8 Å². The quantitative estimate of drug-likeness (QED) is 0.847. The Balaban J connectivity index is 1.74. The first kappa shape index (κ1) is 14.8. The molecule has 0 atom stereocenters. The first-order valence-corrected chi connectivity index (χ1v) is 7.13. The number of piperazine rings is 1. The van der Waals surface area contributed by atoms with E-state index < -0.39 is 0 Å². The molecule has 0 aliphatic carbocycles. The smallest absolute Gasteiger partial charge is 0.246 e. The van der Waals surface area contributed by atoms with Crippen molar-refractivity contribution in [2.75, 3.05) is 36.5 Å². The molecule has 1 aliphatic rings. The number of carbonyl (C=O) groups is 1. The topological polar surface area (TPSA) is 82.4 Å². The third-order valence-corrected chi connectivity index (χ3v) is 3.66. The minimum atomic E-state index is -0.0179. The number of nitrogens with zero attached hydrogens (tertiary/aromatic N) is 5. The predicted octanol–water partition coefficient (Wildman–Crippen LogP) is 1.21. The van der Waals surface area contributed by atoms with Crippen LogP contribution in [-0.4, -0.2) is 42.6 Å². The molecular formula is C16H15N5O2. The molecule has 1 fully saturated rings. The molecule has 23 heavy (non-hydrogen) atoms. The summed E-state index contributed by atoms with van der Waals surface area (Å²) >= 11 is 0. The summed E-state index contributed by atoms with van der Waals surface area (Å²) in [6.45, 7) is 1.45. The largest absolute Gasteiger partial charge is 0.481 e. The van der Waals surface area contributed by atoms with Crippen LogP contribution < -0.4 is 14.5 Å². The molecule has 0 unspecified atom stereocenters. The van der Waals surface area contributed by atoms with Crippen molar-refractivity contribution in [1.29, 1.82) is 5.26 Å². The molecule has 0 spiro atoms. The molecule has 3 heterocycles. The van der Waals surface area contributed by atoms with E-state index in [0.29, 0.717) is 30.4 Å². The fraction of sp³-hybridized carbons (Fsp3) is 0.250. The van der Waals surface area contributed by atoms with Gasteiger partial charge in [0.1, 0.15) is 11.9 Å². The second kappa shape index (κ2) is 6.32. The van der Waals surface area contributed by atoms with Gasteiger partial charge in [-0.1, -0.05) is 0 Å². The number of methoxy groups -OCH3 is 1. The van der Waals surface area contributed by atoms with E-state index in [9.17, 15) is 4.79 Å². The summed E-state index contributed by atoms with van der Waals surface area (Å²) in [6.07, 6.45) is 3.13. The van der Waals surface area contributed by atoms with Gasteiger partial charge >= 0.3 is 0 Å². The lowest BCUT2D eigenvalue weighted by molar-refractivity contribution is -0.117. The van der Waals surface area contributed by atoms with Gasteiger partial charge in [0.15, 0.2) is 0 Å². The van der Waals surface area contributed by atoms with Crippen molar-refractivity contribution >= 4 is 17.4 Å². The second-order valence-electron chi connectivity index (χ2n) is 5.04. The molecule has 0 N–H and O–H groups in total. The van der Waals surface area contributed by atoms with Crippen LogP contribution in [0.3, 0.4) is 0 Å². The van der Waals surface area contributed by atoms with Gasteiger partial charge in [-0.15, -0.1) is 0 Å². The molecule has 1 aliphatic heterocycles. The molecule has 2 aromatic rings. The van der Waals surface area contributed by atoms with Gasteiger partial charge in [-0.05, 0) is 18.2 Å². The minimum Gasteiger partial charge on any atom is -0.481 e. The van der Waals surface area contributed by atoms with E-state index in [1.165, 1.54) is 6.20 Å². The van der Waals surface area contributed by atoms with Crippen LogP contribution in [0.25, 0.3) is 0 Å². The lowest BCUT2D eigenvalue weighted by atomic mass is 10.2. The Labute approximate surface area is 133 Å². The lowest BCUT2D eigenvalue weighted by Crippen LogP contribution is -2.50. The molecule has 0 aromatic carbocycles. The summed E-state index contributed by atoms with van der Waals surface area (Å²) in [5, 5.41) is 8.80. The van der Waals surface area contributed by atoms with E-state index in [-0.39, 0.29) is 12.5 Å². The highest BCUT2D eigenvalue weighted by molar-refractivity contribution is 5.97. The third-order valence-electron chi connectivity index (χ3n) is 3.66. The molecule has 7 nitrogen and oxygen atoms in total. The summed E-state index contributed by atoms with van der Waals surface area (Å²) in [6, 6.07) is 9.02. The normalized spacial score (nSPS) is 14.5. The number of ether oxygens (including phenoxy) is 1. The summed E-state index contributed by atoms with van der Waals surface area (Å²) in [4.78, 5) is 24.3. The molecule has 1 amide bonds. The Morgan fingerprint density at radius 3 is 2.78 bits per heavy atom. The number of rotatable bonds is 3. The Morgan fingerprint density at radius 2 is 2.13 bits per heavy atom. The number of carbonyl (C=O) groups excluding carboxylic acids is 1. The highest BCUT2D eigenvalue weighted by Gasteiger charge is 2.26. The van der Waals surface area contributed by atoms with Gasteiger partial charge in [0, 0.05) is 31.5 Å². The second-order valence-corrected chi connectivity index (χ2v) is 5.04. The summed E-state index contributed by atoms with van der Waals surface area (Å²) in [5.41, 5.74) is 1.27. The molecule has 7 heteroatoms. The van der Waals surface area contributed by atoms with E-state index in [1.54, 1.807) is 42.5 Å². The maximum Gasteiger partial charge on any atom is 0.246 e. The monoisotopic (exact) mass is 309 g/mol. The van der Waals surface area contributed by atoms with Gasteiger partial charge in [-0.3, -0.25) is 4.79 Å². The maximum atomic E-state index is 12.4. The number of hydrogen-bond acceptors (Lipinski definition) is 6. The Bertz CT molecular complexity index is 754. The van der Waals surface area contributed by atoms with Crippen molar-refractivity contribution in [1.82, 2.24) is 9.97 Å². The Hall–Kier alpha value is -3.14. The summed E-state index contributed by atoms with van der Waals surface area (Å²) in [5.74, 6) is 1.16. The third kappa shape index (κ3) is 3.06. The van der Waals surface area contributed by atoms with Gasteiger partial charge in [0.25, 0.3) is 0 Å². The van der Waals surface area contributed by atoms with Crippen molar-refractivity contribution in [2.24, 2.45) is 0 Å². The number of hydrogen-bond donors (Lipinski definition) is 0. The van der Waals surface area contributed by atoms with E-state index in [2.05, 4.69) is 9.97 Å². The minimum absolute atomic E-state index is 0.0179. The van der Waals surface area contributed by atoms with Crippen LogP contribution in [0.4, 0.5) is 11.5 Å². The van der Waals surface area contributed by atoms with Crippen molar-refractivity contribution in [2.45, 2.75) is 0 Å². The Kier molecular flexibility index (Phi) is 4.06. The van der Waals surface area contributed by atoms with Crippen LogP contribution in [0.15, 0.2) is 36.7 Å². The molecule has 0 saturated carbocycles. The number of anilines is 2. The maximum absolute atomic E-state index is 12.4. The van der Waals surface area contributed by atoms with Gasteiger partial charge in [-0.2, -0.15) is 5.26 Å². The molecule has 1 saturated heterocycles. The van der Waals surface area contributed by atoms with Gasteiger partial charge in [-0.25, -0.2) is 9.97 Å². The van der Waals surface area contributed by atoms with Crippen LogP contribution in [0.5, 0.6) is 5.88 Å². The predicted molar refractivity (Wildman–Crippen MR) is 84.3 cm³/mol. The molecule has 116 valence electrons. The average Bonchev–Trinajstić information content (AvgIpc) is 2.61. The molecule has 0 bridgehead atoms. The zero-order valence-corrected chi connectivity index (χ0v) is 12.6. The molecule has 2 aromatic heterocycles. The number of pyridine rings is 2. The van der Waals surface area contributed by atoms with E-state index in [4.69, 9.17) is 10.00 Å². The van der Waals surface area contributed by atoms with Crippen LogP contribution in [0, 0.1) is 11.3 Å². The first-order chi connectivity index (χ1) is 11.2.